The minimum absolute atomic E-state index is 0.00902. The van der Waals surface area contributed by atoms with Crippen molar-refractivity contribution in [3.8, 4) is 0 Å². The highest BCUT2D eigenvalue weighted by Crippen LogP contribution is 2.09. The molecule has 4 N–H and O–H groups in total. The number of carbonyl (C=O) groups is 4. The van der Waals surface area contributed by atoms with Crippen LogP contribution >= 0.6 is 11.6 Å². The molecule has 0 spiro atoms. The molecule has 1 unspecified atom stereocenters. The van der Waals surface area contributed by atoms with Gasteiger partial charge in [0, 0.05) is 23.6 Å². The van der Waals surface area contributed by atoms with Gasteiger partial charge in [0.25, 0.3) is 11.8 Å². The van der Waals surface area contributed by atoms with E-state index in [1.165, 1.54) is 6.92 Å². The van der Waals surface area contributed by atoms with Crippen LogP contribution in [0.2, 0.25) is 5.02 Å². The molecule has 0 aliphatic carbocycles. The normalized spacial score (nSPS) is 11.2. The minimum atomic E-state index is -1.13. The van der Waals surface area contributed by atoms with Gasteiger partial charge in [0.15, 0.2) is 6.10 Å². The standard InChI is InChI=1S/C15H18ClN3O5/c1-9(13(21)19-15(17)23)24-12(20)3-2-8-18-14(22)10-4-6-11(16)7-5-10/h4-7,9H,2-3,8H2,1H3,(H,18,22)(H3,17,19,21,23). The average molecular weight is 356 g/mol. The Morgan fingerprint density at radius 1 is 1.21 bits per heavy atom. The summed E-state index contributed by atoms with van der Waals surface area (Å²) in [4.78, 5) is 45.2. The largest absolute Gasteiger partial charge is 0.453 e. The first-order valence-corrected chi connectivity index (χ1v) is 7.51. The fourth-order valence-corrected chi connectivity index (χ4v) is 1.80. The summed E-state index contributed by atoms with van der Waals surface area (Å²) < 4.78 is 4.83. The molecule has 9 heteroatoms. The van der Waals surface area contributed by atoms with E-state index < -0.39 is 24.0 Å². The van der Waals surface area contributed by atoms with E-state index in [-0.39, 0.29) is 18.9 Å². The van der Waals surface area contributed by atoms with Crippen LogP contribution in [0.15, 0.2) is 24.3 Å². The number of hydrogen-bond donors (Lipinski definition) is 3. The summed E-state index contributed by atoms with van der Waals surface area (Å²) >= 11 is 5.73. The van der Waals surface area contributed by atoms with E-state index in [0.29, 0.717) is 17.0 Å². The Labute approximate surface area is 143 Å². The Hall–Kier alpha value is -2.61. The van der Waals surface area contributed by atoms with Crippen molar-refractivity contribution in [2.24, 2.45) is 5.73 Å². The smallest absolute Gasteiger partial charge is 0.318 e. The Balaban J connectivity index is 2.25. The van der Waals surface area contributed by atoms with Gasteiger partial charge in [0.1, 0.15) is 0 Å². The number of hydrogen-bond acceptors (Lipinski definition) is 5. The van der Waals surface area contributed by atoms with E-state index in [4.69, 9.17) is 22.1 Å². The van der Waals surface area contributed by atoms with Gasteiger partial charge in [-0.25, -0.2) is 4.79 Å². The van der Waals surface area contributed by atoms with E-state index >= 15 is 0 Å². The summed E-state index contributed by atoms with van der Waals surface area (Å²) in [6.07, 6.45) is -0.786. The molecule has 4 amide bonds. The van der Waals surface area contributed by atoms with Crippen molar-refractivity contribution in [2.75, 3.05) is 6.54 Å². The van der Waals surface area contributed by atoms with Crippen molar-refractivity contribution in [1.82, 2.24) is 10.6 Å². The number of esters is 1. The first kappa shape index (κ1) is 19.4. The molecule has 0 aliphatic rings. The highest BCUT2D eigenvalue weighted by Gasteiger charge is 2.18. The summed E-state index contributed by atoms with van der Waals surface area (Å²) in [5.74, 6) is -1.70. The minimum Gasteiger partial charge on any atom is -0.453 e. The molecule has 0 fully saturated rings. The number of ether oxygens (including phenoxy) is 1. The zero-order chi connectivity index (χ0) is 18.1. The molecule has 0 bridgehead atoms. The van der Waals surface area contributed by atoms with Gasteiger partial charge in [-0.3, -0.25) is 19.7 Å². The second-order valence-electron chi connectivity index (χ2n) is 4.85. The lowest BCUT2D eigenvalue weighted by Gasteiger charge is -2.12. The van der Waals surface area contributed by atoms with Gasteiger partial charge < -0.3 is 15.8 Å². The van der Waals surface area contributed by atoms with Gasteiger partial charge in [0.2, 0.25) is 0 Å². The summed E-state index contributed by atoms with van der Waals surface area (Å²) in [6.45, 7) is 1.58. The van der Waals surface area contributed by atoms with Gasteiger partial charge in [-0.1, -0.05) is 11.6 Å². The van der Waals surface area contributed by atoms with Crippen LogP contribution < -0.4 is 16.4 Å². The molecule has 8 nitrogen and oxygen atoms in total. The molecule has 1 rings (SSSR count). The zero-order valence-corrected chi connectivity index (χ0v) is 13.8. The highest BCUT2D eigenvalue weighted by atomic mass is 35.5. The van der Waals surface area contributed by atoms with Crippen LogP contribution in [0.5, 0.6) is 0 Å². The molecule has 1 aromatic rings. The maximum absolute atomic E-state index is 11.8. The third-order valence-electron chi connectivity index (χ3n) is 2.87. The first-order valence-electron chi connectivity index (χ1n) is 7.13. The van der Waals surface area contributed by atoms with Gasteiger partial charge in [-0.05, 0) is 37.6 Å². The van der Waals surface area contributed by atoms with E-state index in [2.05, 4.69) is 5.32 Å². The van der Waals surface area contributed by atoms with Crippen LogP contribution in [-0.2, 0) is 14.3 Å². The number of imide groups is 1. The Morgan fingerprint density at radius 2 is 1.83 bits per heavy atom. The molecule has 0 aliphatic heterocycles. The monoisotopic (exact) mass is 355 g/mol. The predicted octanol–water partition coefficient (Wildman–Crippen LogP) is 0.977. The van der Waals surface area contributed by atoms with Crippen molar-refractivity contribution >= 4 is 35.4 Å². The third-order valence-corrected chi connectivity index (χ3v) is 3.13. The van der Waals surface area contributed by atoms with Crippen molar-refractivity contribution < 1.29 is 23.9 Å². The van der Waals surface area contributed by atoms with E-state index in [0.717, 1.165) is 0 Å². The maximum atomic E-state index is 11.8. The number of amides is 4. The van der Waals surface area contributed by atoms with Crippen LogP contribution in [0.4, 0.5) is 4.79 Å². The van der Waals surface area contributed by atoms with Crippen molar-refractivity contribution in [3.05, 3.63) is 34.9 Å². The van der Waals surface area contributed by atoms with Gasteiger partial charge in [0.05, 0.1) is 0 Å². The molecule has 24 heavy (non-hydrogen) atoms. The molecular weight excluding hydrogens is 338 g/mol. The van der Waals surface area contributed by atoms with Crippen molar-refractivity contribution in [3.63, 3.8) is 0 Å². The lowest BCUT2D eigenvalue weighted by atomic mass is 10.2. The molecule has 0 radical (unpaired) electrons. The first-order chi connectivity index (χ1) is 11.3. The number of carbonyl (C=O) groups excluding carboxylic acids is 4. The van der Waals surface area contributed by atoms with Crippen molar-refractivity contribution in [2.45, 2.75) is 25.9 Å². The van der Waals surface area contributed by atoms with Gasteiger partial charge in [-0.15, -0.1) is 0 Å². The quantitative estimate of drug-likeness (QED) is 0.496. The Bertz CT molecular complexity index is 618. The number of halogens is 1. The topological polar surface area (TPSA) is 128 Å². The SMILES string of the molecule is CC(OC(=O)CCCNC(=O)c1ccc(Cl)cc1)C(=O)NC(N)=O. The van der Waals surface area contributed by atoms with E-state index in [1.807, 2.05) is 5.32 Å². The van der Waals surface area contributed by atoms with Crippen LogP contribution in [0.3, 0.4) is 0 Å². The fourth-order valence-electron chi connectivity index (χ4n) is 1.67. The molecule has 0 saturated heterocycles. The summed E-state index contributed by atoms with van der Waals surface area (Å²) in [5, 5.41) is 4.99. The van der Waals surface area contributed by atoms with E-state index in [9.17, 15) is 19.2 Å². The lowest BCUT2D eigenvalue weighted by Crippen LogP contribution is -2.42. The molecule has 1 atom stereocenters. The summed E-state index contributed by atoms with van der Waals surface area (Å²) in [7, 11) is 0. The molecule has 130 valence electrons. The zero-order valence-electron chi connectivity index (χ0n) is 13.0. The van der Waals surface area contributed by atoms with E-state index in [1.54, 1.807) is 24.3 Å². The second kappa shape index (κ2) is 9.51. The summed E-state index contributed by atoms with van der Waals surface area (Å²) in [6, 6.07) is 5.36. The highest BCUT2D eigenvalue weighted by molar-refractivity contribution is 6.30. The fraction of sp³-hybridized carbons (Fsp3) is 0.333. The predicted molar refractivity (Wildman–Crippen MR) is 86.3 cm³/mol. The molecule has 1 aromatic carbocycles. The molecule has 0 saturated carbocycles. The second-order valence-corrected chi connectivity index (χ2v) is 5.29. The van der Waals surface area contributed by atoms with Crippen molar-refractivity contribution in [1.29, 1.82) is 0 Å². The lowest BCUT2D eigenvalue weighted by molar-refractivity contribution is -0.154. The summed E-state index contributed by atoms with van der Waals surface area (Å²) in [5.41, 5.74) is 5.24. The van der Waals surface area contributed by atoms with Crippen LogP contribution in [0, 0.1) is 0 Å². The number of benzene rings is 1. The average Bonchev–Trinajstić information content (AvgIpc) is 2.51. The van der Waals surface area contributed by atoms with Gasteiger partial charge in [-0.2, -0.15) is 0 Å². The number of nitrogens with two attached hydrogens (primary N) is 1. The maximum Gasteiger partial charge on any atom is 0.318 e. The Morgan fingerprint density at radius 3 is 2.42 bits per heavy atom. The molecule has 0 aromatic heterocycles. The third kappa shape index (κ3) is 7.10. The van der Waals surface area contributed by atoms with Crippen LogP contribution in [0.1, 0.15) is 30.1 Å². The number of urea groups is 1. The number of rotatable bonds is 7. The number of nitrogens with one attached hydrogen (secondary N) is 2. The van der Waals surface area contributed by atoms with Crippen LogP contribution in [-0.4, -0.2) is 36.5 Å². The van der Waals surface area contributed by atoms with Crippen LogP contribution in [0.25, 0.3) is 0 Å². The number of primary amides is 1. The van der Waals surface area contributed by atoms with Gasteiger partial charge >= 0.3 is 12.0 Å². The molecular formula is C15H18ClN3O5. The Kier molecular flexibility index (Phi) is 7.70. The molecule has 0 heterocycles.